The summed E-state index contributed by atoms with van der Waals surface area (Å²) >= 11 is 0. The van der Waals surface area contributed by atoms with E-state index in [1.54, 1.807) is 0 Å². The van der Waals surface area contributed by atoms with E-state index in [9.17, 15) is 0 Å². The van der Waals surface area contributed by atoms with Gasteiger partial charge in [-0.1, -0.05) is 19.8 Å². The van der Waals surface area contributed by atoms with E-state index in [1.165, 1.54) is 12.8 Å². The van der Waals surface area contributed by atoms with Gasteiger partial charge in [0.25, 0.3) is 0 Å². The monoisotopic (exact) mass is 170 g/mol. The molecule has 2 rings (SSSR count). The first-order valence-corrected chi connectivity index (χ1v) is 5.05. The van der Waals surface area contributed by atoms with Gasteiger partial charge in [-0.25, -0.2) is 0 Å². The Morgan fingerprint density at radius 2 is 1.92 bits per heavy atom. The molecule has 70 valence electrons. The summed E-state index contributed by atoms with van der Waals surface area (Å²) in [6.45, 7) is 5.11. The topological polar surface area (TPSA) is 21.7 Å². The Hall–Kier alpha value is -0.0551. The normalized spacial score (nSPS) is 27.8. The summed E-state index contributed by atoms with van der Waals surface area (Å²) < 4.78 is 11.5. The van der Waals surface area contributed by atoms with Crippen molar-refractivity contribution >= 4 is 6.69 Å². The summed E-state index contributed by atoms with van der Waals surface area (Å²) in [6, 6.07) is 0. The van der Waals surface area contributed by atoms with Crippen molar-refractivity contribution in [3.63, 3.8) is 0 Å². The number of unbranched alkanes of at least 4 members (excludes halogenated alkanes) is 1. The third-order valence-corrected chi connectivity index (χ3v) is 2.99. The predicted molar refractivity (Wildman–Crippen MR) is 48.9 cm³/mol. The lowest BCUT2D eigenvalue weighted by Gasteiger charge is -2.36. The van der Waals surface area contributed by atoms with Crippen molar-refractivity contribution in [2.75, 3.05) is 26.3 Å². The largest absolute Gasteiger partial charge is 0.554 e. The molecule has 0 radical (unpaired) electrons. The first-order valence-electron chi connectivity index (χ1n) is 5.05. The Morgan fingerprint density at radius 1 is 1.25 bits per heavy atom. The minimum atomic E-state index is -0.974. The van der Waals surface area contributed by atoms with E-state index < -0.39 is 6.69 Å². The number of fused-ring (bicyclic) bond motifs is 1. The Kier molecular flexibility index (Phi) is 2.39. The zero-order valence-electron chi connectivity index (χ0n) is 7.79. The molecule has 2 fully saturated rings. The van der Waals surface area contributed by atoms with Crippen LogP contribution in [0.5, 0.6) is 0 Å². The molecule has 0 amide bonds. The third kappa shape index (κ3) is 1.28. The molecule has 12 heavy (non-hydrogen) atoms. The van der Waals surface area contributed by atoms with Gasteiger partial charge < -0.3 is 14.1 Å². The van der Waals surface area contributed by atoms with Crippen LogP contribution in [-0.4, -0.2) is 37.8 Å². The molecule has 2 heterocycles. The van der Waals surface area contributed by atoms with Crippen LogP contribution in [0.4, 0.5) is 0 Å². The van der Waals surface area contributed by atoms with E-state index in [4.69, 9.17) is 9.31 Å². The molecule has 0 saturated carbocycles. The molecule has 0 aliphatic carbocycles. The molecule has 0 atom stereocenters. The number of hydrogen-bond donors (Lipinski definition) is 0. The zero-order chi connectivity index (χ0) is 8.44. The van der Waals surface area contributed by atoms with Crippen molar-refractivity contribution in [3.05, 3.63) is 0 Å². The van der Waals surface area contributed by atoms with Gasteiger partial charge in [-0.05, 0) is 13.1 Å². The van der Waals surface area contributed by atoms with Gasteiger partial charge in [-0.15, -0.1) is 6.32 Å². The highest BCUT2D eigenvalue weighted by atomic mass is 16.6. The Labute approximate surface area is 74.0 Å². The fourth-order valence-corrected chi connectivity index (χ4v) is 2.28. The maximum atomic E-state index is 5.73. The van der Waals surface area contributed by atoms with Gasteiger partial charge in [0.05, 0.1) is 0 Å². The highest BCUT2D eigenvalue weighted by Crippen LogP contribution is 2.29. The first kappa shape index (κ1) is 8.54. The van der Waals surface area contributed by atoms with Gasteiger partial charge in [0.2, 0.25) is 0 Å². The van der Waals surface area contributed by atoms with Crippen molar-refractivity contribution < 1.29 is 9.31 Å². The Balaban J connectivity index is 1.97. The molecule has 0 unspecified atom stereocenters. The van der Waals surface area contributed by atoms with E-state index in [0.717, 1.165) is 32.6 Å². The lowest BCUT2D eigenvalue weighted by molar-refractivity contribution is 0.219. The van der Waals surface area contributed by atoms with Crippen LogP contribution >= 0.6 is 0 Å². The second-order valence-corrected chi connectivity index (χ2v) is 3.74. The smallest absolute Gasteiger partial charge is 0.317 e. The van der Waals surface area contributed by atoms with Crippen LogP contribution in [-0.2, 0) is 9.31 Å². The van der Waals surface area contributed by atoms with Gasteiger partial charge in [-0.2, -0.15) is 0 Å². The van der Waals surface area contributed by atoms with E-state index in [1.807, 2.05) is 0 Å². The van der Waals surface area contributed by atoms with Crippen LogP contribution < -0.4 is 0 Å². The van der Waals surface area contributed by atoms with Crippen LogP contribution in [0.2, 0.25) is 6.32 Å². The SMILES string of the molecule is CCCC[B-]12OCCN1CCO2. The standard InChI is InChI=1S/C8H17BNO2/c1-2-3-4-9-10(5-7-11-9)6-8-12-9/h2-8H2,1H3/q-1. The summed E-state index contributed by atoms with van der Waals surface area (Å²) in [5.41, 5.74) is 0. The molecule has 0 aromatic heterocycles. The molecule has 0 aromatic carbocycles. The molecule has 2 saturated heterocycles. The second-order valence-electron chi connectivity index (χ2n) is 3.74. The highest BCUT2D eigenvalue weighted by Gasteiger charge is 2.41. The molecule has 2 aliphatic rings. The fourth-order valence-electron chi connectivity index (χ4n) is 2.28. The highest BCUT2D eigenvalue weighted by molar-refractivity contribution is 6.65. The van der Waals surface area contributed by atoms with Crippen molar-refractivity contribution in [2.45, 2.75) is 26.1 Å². The van der Waals surface area contributed by atoms with Gasteiger partial charge in [0.1, 0.15) is 0 Å². The summed E-state index contributed by atoms with van der Waals surface area (Å²) in [7, 11) is 0. The van der Waals surface area contributed by atoms with Crippen molar-refractivity contribution in [2.24, 2.45) is 0 Å². The summed E-state index contributed by atoms with van der Waals surface area (Å²) in [6.07, 6.45) is 3.54. The van der Waals surface area contributed by atoms with Gasteiger partial charge in [-0.3, -0.25) is 0 Å². The fraction of sp³-hybridized carbons (Fsp3) is 1.00. The van der Waals surface area contributed by atoms with Gasteiger partial charge in [0.15, 0.2) is 0 Å². The summed E-state index contributed by atoms with van der Waals surface area (Å²) in [5.74, 6) is 0. The number of hydrogen-bond acceptors (Lipinski definition) is 3. The second kappa shape index (κ2) is 3.36. The van der Waals surface area contributed by atoms with Gasteiger partial charge in [0, 0.05) is 13.2 Å². The van der Waals surface area contributed by atoms with E-state index in [0.29, 0.717) is 0 Å². The Morgan fingerprint density at radius 3 is 2.50 bits per heavy atom. The molecule has 0 N–H and O–H groups in total. The third-order valence-electron chi connectivity index (χ3n) is 2.99. The molecule has 0 bridgehead atoms. The van der Waals surface area contributed by atoms with Crippen LogP contribution in [0.1, 0.15) is 19.8 Å². The molecule has 0 aromatic rings. The molecule has 4 heteroatoms. The maximum Gasteiger partial charge on any atom is 0.317 e. The van der Waals surface area contributed by atoms with E-state index >= 15 is 0 Å². The molecule has 3 nitrogen and oxygen atoms in total. The van der Waals surface area contributed by atoms with Crippen molar-refractivity contribution in [1.82, 2.24) is 4.81 Å². The number of rotatable bonds is 3. The van der Waals surface area contributed by atoms with Crippen molar-refractivity contribution in [1.29, 1.82) is 0 Å². The van der Waals surface area contributed by atoms with Gasteiger partial charge >= 0.3 is 6.69 Å². The lowest BCUT2D eigenvalue weighted by Crippen LogP contribution is -2.46. The van der Waals surface area contributed by atoms with Crippen molar-refractivity contribution in [3.8, 4) is 0 Å². The van der Waals surface area contributed by atoms with Crippen LogP contribution in [0.3, 0.4) is 0 Å². The molecular formula is C8H17BNO2-. The maximum absolute atomic E-state index is 5.73. The first-order chi connectivity index (χ1) is 5.87. The minimum absolute atomic E-state index is 0.865. The molecule has 0 spiro atoms. The quantitative estimate of drug-likeness (QED) is 0.591. The van der Waals surface area contributed by atoms with E-state index in [2.05, 4.69) is 11.7 Å². The number of nitrogens with zero attached hydrogens (tertiary/aromatic N) is 1. The van der Waals surface area contributed by atoms with Crippen LogP contribution in [0.25, 0.3) is 0 Å². The predicted octanol–water partition coefficient (Wildman–Crippen LogP) is 1.09. The minimum Gasteiger partial charge on any atom is -0.554 e. The molecule has 2 aliphatic heterocycles. The van der Waals surface area contributed by atoms with Crippen LogP contribution in [0.15, 0.2) is 0 Å². The lowest BCUT2D eigenvalue weighted by atomic mass is 9.66. The average molecular weight is 170 g/mol. The Bertz CT molecular complexity index is 155. The summed E-state index contributed by atoms with van der Waals surface area (Å²) in [4.78, 5) is 2.38. The average Bonchev–Trinajstić information content (AvgIpc) is 2.58. The summed E-state index contributed by atoms with van der Waals surface area (Å²) in [5, 5.41) is 0. The zero-order valence-corrected chi connectivity index (χ0v) is 7.79. The molecular weight excluding hydrogens is 153 g/mol. The van der Waals surface area contributed by atoms with E-state index in [-0.39, 0.29) is 0 Å². The van der Waals surface area contributed by atoms with Crippen LogP contribution in [0, 0.1) is 0 Å².